The first kappa shape index (κ1) is 10.8. The van der Waals surface area contributed by atoms with E-state index in [-0.39, 0.29) is 0 Å². The Balaban J connectivity index is 1.78. The Bertz CT molecular complexity index is 291. The van der Waals surface area contributed by atoms with Crippen LogP contribution in [0.25, 0.3) is 0 Å². The molecule has 0 unspecified atom stereocenters. The van der Waals surface area contributed by atoms with Gasteiger partial charge in [0, 0.05) is 30.9 Å². The fourth-order valence-corrected chi connectivity index (χ4v) is 2.30. The van der Waals surface area contributed by atoms with Crippen molar-refractivity contribution in [3.8, 4) is 0 Å². The zero-order valence-electron chi connectivity index (χ0n) is 8.77. The van der Waals surface area contributed by atoms with Crippen LogP contribution in [0.4, 0.5) is 0 Å². The van der Waals surface area contributed by atoms with E-state index in [0.717, 1.165) is 25.9 Å². The summed E-state index contributed by atoms with van der Waals surface area (Å²) in [6.07, 6.45) is 8.74. The molecule has 0 saturated carbocycles. The molecule has 1 saturated heterocycles. The zero-order chi connectivity index (χ0) is 10.5. The highest BCUT2D eigenvalue weighted by Gasteiger charge is 2.16. The standard InChI is InChI=1S/C11H16ClN3/c12-11-2-1-4-15(8-11)5-3-10-6-13-9-14-7-10/h6-7,9,11H,1-5,8H2/t11-/m1/s1. The Hall–Kier alpha value is -0.670. The average molecular weight is 226 g/mol. The molecule has 0 radical (unpaired) electrons. The Morgan fingerprint density at radius 3 is 2.93 bits per heavy atom. The Morgan fingerprint density at radius 1 is 1.40 bits per heavy atom. The SMILES string of the molecule is Cl[C@@H]1CCCN(CCc2cncnc2)C1. The highest BCUT2D eigenvalue weighted by Crippen LogP contribution is 2.15. The number of alkyl halides is 1. The fourth-order valence-electron chi connectivity index (χ4n) is 1.95. The van der Waals surface area contributed by atoms with Crippen molar-refractivity contribution in [2.24, 2.45) is 0 Å². The van der Waals surface area contributed by atoms with E-state index in [1.165, 1.54) is 18.5 Å². The van der Waals surface area contributed by atoms with E-state index in [2.05, 4.69) is 14.9 Å². The summed E-state index contributed by atoms with van der Waals surface area (Å²) in [7, 11) is 0. The summed E-state index contributed by atoms with van der Waals surface area (Å²) in [5.41, 5.74) is 1.20. The van der Waals surface area contributed by atoms with Gasteiger partial charge in [-0.2, -0.15) is 0 Å². The number of hydrogen-bond acceptors (Lipinski definition) is 3. The lowest BCUT2D eigenvalue weighted by atomic mass is 10.1. The Morgan fingerprint density at radius 2 is 2.20 bits per heavy atom. The number of piperidine rings is 1. The first-order valence-corrected chi connectivity index (χ1v) is 5.88. The summed E-state index contributed by atoms with van der Waals surface area (Å²) in [5, 5.41) is 0.339. The molecule has 1 aromatic rings. The molecule has 0 aromatic carbocycles. The number of hydrogen-bond donors (Lipinski definition) is 0. The molecule has 15 heavy (non-hydrogen) atoms. The molecular formula is C11H16ClN3. The Labute approximate surface area is 95.5 Å². The first-order valence-electron chi connectivity index (χ1n) is 5.45. The molecule has 3 nitrogen and oxygen atoms in total. The number of likely N-dealkylation sites (tertiary alicyclic amines) is 1. The van der Waals surface area contributed by atoms with Crippen LogP contribution in [-0.2, 0) is 6.42 Å². The summed E-state index contributed by atoms with van der Waals surface area (Å²) in [6.45, 7) is 3.27. The van der Waals surface area contributed by atoms with Gasteiger partial charge in [-0.1, -0.05) is 0 Å². The van der Waals surface area contributed by atoms with E-state index in [1.807, 2.05) is 12.4 Å². The number of halogens is 1. The van der Waals surface area contributed by atoms with Crippen molar-refractivity contribution < 1.29 is 0 Å². The number of aromatic nitrogens is 2. The van der Waals surface area contributed by atoms with Crippen LogP contribution in [0.15, 0.2) is 18.7 Å². The van der Waals surface area contributed by atoms with E-state index in [0.29, 0.717) is 5.38 Å². The highest BCUT2D eigenvalue weighted by atomic mass is 35.5. The lowest BCUT2D eigenvalue weighted by Crippen LogP contribution is -2.37. The monoisotopic (exact) mass is 225 g/mol. The van der Waals surface area contributed by atoms with Crippen LogP contribution in [0, 0.1) is 0 Å². The third-order valence-corrected chi connectivity index (χ3v) is 3.13. The van der Waals surface area contributed by atoms with Crippen LogP contribution in [-0.4, -0.2) is 39.9 Å². The fraction of sp³-hybridized carbons (Fsp3) is 0.636. The van der Waals surface area contributed by atoms with Crippen LogP contribution in [0.3, 0.4) is 0 Å². The van der Waals surface area contributed by atoms with Crippen molar-refractivity contribution in [3.05, 3.63) is 24.3 Å². The summed E-state index contributed by atoms with van der Waals surface area (Å²) in [5.74, 6) is 0. The minimum Gasteiger partial charge on any atom is -0.302 e. The van der Waals surface area contributed by atoms with Gasteiger partial charge in [0.25, 0.3) is 0 Å². The van der Waals surface area contributed by atoms with Crippen LogP contribution in [0.2, 0.25) is 0 Å². The van der Waals surface area contributed by atoms with Crippen LogP contribution in [0.1, 0.15) is 18.4 Å². The topological polar surface area (TPSA) is 29.0 Å². The van der Waals surface area contributed by atoms with E-state index >= 15 is 0 Å². The summed E-state index contributed by atoms with van der Waals surface area (Å²) < 4.78 is 0. The van der Waals surface area contributed by atoms with Crippen LogP contribution >= 0.6 is 11.6 Å². The third kappa shape index (κ3) is 3.43. The van der Waals surface area contributed by atoms with E-state index in [9.17, 15) is 0 Å². The van der Waals surface area contributed by atoms with Gasteiger partial charge in [-0.15, -0.1) is 11.6 Å². The molecule has 2 rings (SSSR count). The number of nitrogens with zero attached hydrogens (tertiary/aromatic N) is 3. The highest BCUT2D eigenvalue weighted by molar-refractivity contribution is 6.20. The molecule has 0 spiro atoms. The van der Waals surface area contributed by atoms with Crippen molar-refractivity contribution >= 4 is 11.6 Å². The second-order valence-electron chi connectivity index (χ2n) is 4.04. The maximum absolute atomic E-state index is 6.13. The maximum atomic E-state index is 6.13. The summed E-state index contributed by atoms with van der Waals surface area (Å²) >= 11 is 6.13. The second kappa shape index (κ2) is 5.42. The van der Waals surface area contributed by atoms with Gasteiger partial charge in [0.05, 0.1) is 0 Å². The van der Waals surface area contributed by atoms with Crippen molar-refractivity contribution in [2.45, 2.75) is 24.6 Å². The minimum atomic E-state index is 0.339. The van der Waals surface area contributed by atoms with Gasteiger partial charge in [0.2, 0.25) is 0 Å². The van der Waals surface area contributed by atoms with Gasteiger partial charge in [-0.05, 0) is 31.4 Å². The van der Waals surface area contributed by atoms with Crippen molar-refractivity contribution in [1.29, 1.82) is 0 Å². The predicted octanol–water partition coefficient (Wildman–Crippen LogP) is 1.72. The van der Waals surface area contributed by atoms with Crippen molar-refractivity contribution in [1.82, 2.24) is 14.9 Å². The smallest absolute Gasteiger partial charge is 0.115 e. The normalized spacial score (nSPS) is 22.9. The lowest BCUT2D eigenvalue weighted by molar-refractivity contribution is 0.234. The third-order valence-electron chi connectivity index (χ3n) is 2.78. The molecule has 0 amide bonds. The van der Waals surface area contributed by atoms with E-state index in [4.69, 9.17) is 11.6 Å². The van der Waals surface area contributed by atoms with Crippen molar-refractivity contribution in [3.63, 3.8) is 0 Å². The van der Waals surface area contributed by atoms with Gasteiger partial charge in [-0.3, -0.25) is 0 Å². The minimum absolute atomic E-state index is 0.339. The quantitative estimate of drug-likeness (QED) is 0.734. The van der Waals surface area contributed by atoms with E-state index < -0.39 is 0 Å². The second-order valence-corrected chi connectivity index (χ2v) is 4.65. The van der Waals surface area contributed by atoms with Gasteiger partial charge in [-0.25, -0.2) is 9.97 Å². The molecule has 1 aliphatic rings. The Kier molecular flexibility index (Phi) is 3.92. The lowest BCUT2D eigenvalue weighted by Gasteiger charge is -2.29. The van der Waals surface area contributed by atoms with Gasteiger partial charge >= 0.3 is 0 Å². The molecular weight excluding hydrogens is 210 g/mol. The summed E-state index contributed by atoms with van der Waals surface area (Å²) in [4.78, 5) is 10.4. The molecule has 0 N–H and O–H groups in total. The molecule has 82 valence electrons. The first-order chi connectivity index (χ1) is 7.34. The molecule has 4 heteroatoms. The molecule has 0 bridgehead atoms. The largest absolute Gasteiger partial charge is 0.302 e. The number of rotatable bonds is 3. The molecule has 1 atom stereocenters. The molecule has 1 aromatic heterocycles. The van der Waals surface area contributed by atoms with Gasteiger partial charge < -0.3 is 4.90 Å². The molecule has 1 fully saturated rings. The van der Waals surface area contributed by atoms with Crippen molar-refractivity contribution in [2.75, 3.05) is 19.6 Å². The van der Waals surface area contributed by atoms with Gasteiger partial charge in [0.15, 0.2) is 0 Å². The predicted molar refractivity (Wildman–Crippen MR) is 61.1 cm³/mol. The van der Waals surface area contributed by atoms with Crippen LogP contribution in [0.5, 0.6) is 0 Å². The molecule has 2 heterocycles. The average Bonchev–Trinajstić information content (AvgIpc) is 2.28. The van der Waals surface area contributed by atoms with Gasteiger partial charge in [0.1, 0.15) is 6.33 Å². The summed E-state index contributed by atoms with van der Waals surface area (Å²) in [6, 6.07) is 0. The van der Waals surface area contributed by atoms with E-state index in [1.54, 1.807) is 6.33 Å². The maximum Gasteiger partial charge on any atom is 0.115 e. The van der Waals surface area contributed by atoms with Crippen LogP contribution < -0.4 is 0 Å². The molecule has 0 aliphatic carbocycles. The molecule has 1 aliphatic heterocycles. The zero-order valence-corrected chi connectivity index (χ0v) is 9.53.